The monoisotopic (exact) mass is 426 g/mol. The Labute approximate surface area is 167 Å². The quantitative estimate of drug-likeness (QED) is 0.657. The van der Waals surface area contributed by atoms with E-state index >= 15 is 0 Å². The molecule has 0 unspecified atom stereocenters. The first-order valence-corrected chi connectivity index (χ1v) is 9.88. The molecule has 0 saturated heterocycles. The van der Waals surface area contributed by atoms with E-state index in [9.17, 15) is 18.0 Å². The molecule has 0 aliphatic rings. The fourth-order valence-electron chi connectivity index (χ4n) is 2.25. The van der Waals surface area contributed by atoms with E-state index in [1.807, 2.05) is 6.92 Å². The molecule has 2 aromatic rings. The van der Waals surface area contributed by atoms with E-state index in [1.165, 1.54) is 26.3 Å². The number of rotatable bonds is 7. The lowest BCUT2D eigenvalue weighted by Crippen LogP contribution is -2.22. The molecule has 1 amide bonds. The molecule has 0 aliphatic carbocycles. The highest BCUT2D eigenvalue weighted by molar-refractivity contribution is 7.89. The van der Waals surface area contributed by atoms with Crippen LogP contribution in [0.5, 0.6) is 5.75 Å². The number of aryl methyl sites for hydroxylation is 1. The molecule has 8 nitrogen and oxygen atoms in total. The number of nitrogens with one attached hydrogen (secondary N) is 2. The Kier molecular flexibility index (Phi) is 7.00. The van der Waals surface area contributed by atoms with Crippen LogP contribution < -0.4 is 14.8 Å². The van der Waals surface area contributed by atoms with Crippen molar-refractivity contribution in [3.05, 3.63) is 52.5 Å². The van der Waals surface area contributed by atoms with E-state index in [2.05, 4.69) is 10.0 Å². The summed E-state index contributed by atoms with van der Waals surface area (Å²) in [6.07, 6.45) is 0. The maximum atomic E-state index is 12.2. The molecular formula is C18H19ClN2O6S. The number of carbonyl (C=O) groups excluding carboxylic acids is 2. The average molecular weight is 427 g/mol. The first kappa shape index (κ1) is 21.7. The number of anilines is 1. The van der Waals surface area contributed by atoms with Crippen molar-refractivity contribution in [2.24, 2.45) is 0 Å². The summed E-state index contributed by atoms with van der Waals surface area (Å²) in [5.74, 6) is -1.38. The van der Waals surface area contributed by atoms with Crippen molar-refractivity contribution in [3.8, 4) is 5.75 Å². The zero-order chi connectivity index (χ0) is 20.9. The summed E-state index contributed by atoms with van der Waals surface area (Å²) in [7, 11) is -1.31. The summed E-state index contributed by atoms with van der Waals surface area (Å²) in [6.45, 7) is 1.29. The van der Waals surface area contributed by atoms with Crippen LogP contribution in [0.1, 0.15) is 15.9 Å². The summed E-state index contributed by atoms with van der Waals surface area (Å²) >= 11 is 6.04. The Balaban J connectivity index is 2.08. The number of hydrogen-bond donors (Lipinski definition) is 2. The highest BCUT2D eigenvalue weighted by atomic mass is 35.5. The Hall–Kier alpha value is -2.62. The van der Waals surface area contributed by atoms with Gasteiger partial charge in [-0.05, 0) is 49.9 Å². The Morgan fingerprint density at radius 3 is 2.46 bits per heavy atom. The van der Waals surface area contributed by atoms with Crippen LogP contribution in [0.25, 0.3) is 0 Å². The zero-order valence-corrected chi connectivity index (χ0v) is 17.0. The minimum Gasteiger partial charge on any atom is -0.495 e. The summed E-state index contributed by atoms with van der Waals surface area (Å²) < 4.78 is 36.2. The van der Waals surface area contributed by atoms with Crippen LogP contribution in [0.3, 0.4) is 0 Å². The smallest absolute Gasteiger partial charge is 0.338 e. The fourth-order valence-corrected chi connectivity index (χ4v) is 3.45. The molecule has 2 rings (SSSR count). The molecule has 0 aliphatic heterocycles. The van der Waals surface area contributed by atoms with Crippen molar-refractivity contribution in [2.45, 2.75) is 11.8 Å². The maximum Gasteiger partial charge on any atom is 0.338 e. The molecule has 0 radical (unpaired) electrons. The first-order valence-electron chi connectivity index (χ1n) is 8.02. The standard InChI is InChI=1S/C18H19ClN2O6S/c1-11-4-6-14(13(19)8-11)21-17(22)10-27-18(23)12-5-7-15(26-3)16(9-12)28(24,25)20-2/h4-9,20H,10H2,1-3H3,(H,21,22). The third kappa shape index (κ3) is 5.22. The number of ether oxygens (including phenoxy) is 2. The average Bonchev–Trinajstić information content (AvgIpc) is 2.67. The number of methoxy groups -OCH3 is 1. The zero-order valence-electron chi connectivity index (χ0n) is 15.4. The summed E-state index contributed by atoms with van der Waals surface area (Å²) in [6, 6.07) is 8.87. The van der Waals surface area contributed by atoms with Gasteiger partial charge >= 0.3 is 5.97 Å². The minimum absolute atomic E-state index is 0.0456. The molecule has 28 heavy (non-hydrogen) atoms. The predicted octanol–water partition coefficient (Wildman–Crippen LogP) is 2.36. The Morgan fingerprint density at radius 1 is 1.14 bits per heavy atom. The van der Waals surface area contributed by atoms with E-state index in [0.717, 1.165) is 11.6 Å². The largest absolute Gasteiger partial charge is 0.495 e. The molecule has 0 aromatic heterocycles. The van der Waals surface area contributed by atoms with Gasteiger partial charge in [0.25, 0.3) is 5.91 Å². The van der Waals surface area contributed by atoms with E-state index in [0.29, 0.717) is 10.7 Å². The number of benzene rings is 2. The van der Waals surface area contributed by atoms with Gasteiger partial charge in [0, 0.05) is 0 Å². The highest BCUT2D eigenvalue weighted by Gasteiger charge is 2.21. The van der Waals surface area contributed by atoms with Crippen LogP contribution in [-0.2, 0) is 19.6 Å². The van der Waals surface area contributed by atoms with Gasteiger partial charge in [0.05, 0.1) is 23.4 Å². The Morgan fingerprint density at radius 2 is 1.86 bits per heavy atom. The number of sulfonamides is 1. The molecule has 0 atom stereocenters. The molecular weight excluding hydrogens is 408 g/mol. The van der Waals surface area contributed by atoms with E-state index in [-0.39, 0.29) is 16.2 Å². The first-order chi connectivity index (χ1) is 13.2. The van der Waals surface area contributed by atoms with E-state index < -0.39 is 28.5 Å². The van der Waals surface area contributed by atoms with Crippen molar-refractivity contribution in [1.29, 1.82) is 0 Å². The second kappa shape index (κ2) is 9.05. The molecule has 2 aromatic carbocycles. The number of halogens is 1. The van der Waals surface area contributed by atoms with Gasteiger partial charge in [-0.1, -0.05) is 17.7 Å². The lowest BCUT2D eigenvalue weighted by molar-refractivity contribution is -0.119. The lowest BCUT2D eigenvalue weighted by atomic mass is 10.2. The van der Waals surface area contributed by atoms with E-state index in [1.54, 1.807) is 18.2 Å². The van der Waals surface area contributed by atoms with Gasteiger partial charge in [-0.25, -0.2) is 17.9 Å². The van der Waals surface area contributed by atoms with Crippen LogP contribution in [0.2, 0.25) is 5.02 Å². The summed E-state index contributed by atoms with van der Waals surface area (Å²) in [5, 5.41) is 2.89. The fraction of sp³-hybridized carbons (Fsp3) is 0.222. The number of esters is 1. The van der Waals surface area contributed by atoms with Gasteiger partial charge in [0.1, 0.15) is 10.6 Å². The van der Waals surface area contributed by atoms with Crippen LogP contribution in [0.4, 0.5) is 5.69 Å². The molecule has 0 heterocycles. The third-order valence-electron chi connectivity index (χ3n) is 3.69. The van der Waals surface area contributed by atoms with Crippen LogP contribution in [0, 0.1) is 6.92 Å². The number of carbonyl (C=O) groups is 2. The molecule has 0 fully saturated rings. The van der Waals surface area contributed by atoms with Gasteiger partial charge in [-0.15, -0.1) is 0 Å². The van der Waals surface area contributed by atoms with Gasteiger partial charge < -0.3 is 14.8 Å². The number of amides is 1. The number of hydrogen-bond acceptors (Lipinski definition) is 6. The van der Waals surface area contributed by atoms with Gasteiger partial charge in [-0.2, -0.15) is 0 Å². The molecule has 0 bridgehead atoms. The van der Waals surface area contributed by atoms with Crippen molar-refractivity contribution < 1.29 is 27.5 Å². The molecule has 0 saturated carbocycles. The highest BCUT2D eigenvalue weighted by Crippen LogP contribution is 2.25. The maximum absolute atomic E-state index is 12.2. The van der Waals surface area contributed by atoms with Gasteiger partial charge in [0.15, 0.2) is 6.61 Å². The summed E-state index contributed by atoms with van der Waals surface area (Å²) in [4.78, 5) is 24.0. The van der Waals surface area contributed by atoms with Crippen LogP contribution in [0.15, 0.2) is 41.3 Å². The topological polar surface area (TPSA) is 111 Å². The molecule has 10 heteroatoms. The second-order valence-electron chi connectivity index (χ2n) is 5.68. The molecule has 2 N–H and O–H groups in total. The predicted molar refractivity (Wildman–Crippen MR) is 104 cm³/mol. The Bertz CT molecular complexity index is 1010. The van der Waals surface area contributed by atoms with Crippen molar-refractivity contribution in [1.82, 2.24) is 4.72 Å². The normalized spacial score (nSPS) is 11.0. The van der Waals surface area contributed by atoms with Gasteiger partial charge in [0.2, 0.25) is 10.0 Å². The van der Waals surface area contributed by atoms with E-state index in [4.69, 9.17) is 21.1 Å². The molecule has 150 valence electrons. The summed E-state index contributed by atoms with van der Waals surface area (Å²) in [5.41, 5.74) is 1.28. The lowest BCUT2D eigenvalue weighted by Gasteiger charge is -2.11. The van der Waals surface area contributed by atoms with Crippen LogP contribution >= 0.6 is 11.6 Å². The third-order valence-corrected chi connectivity index (χ3v) is 5.44. The van der Waals surface area contributed by atoms with Crippen molar-refractivity contribution in [3.63, 3.8) is 0 Å². The SMILES string of the molecule is CNS(=O)(=O)c1cc(C(=O)OCC(=O)Nc2ccc(C)cc2Cl)ccc1OC. The minimum atomic E-state index is -3.85. The van der Waals surface area contributed by atoms with Gasteiger partial charge in [-0.3, -0.25) is 4.79 Å². The second-order valence-corrected chi connectivity index (χ2v) is 7.94. The van der Waals surface area contributed by atoms with Crippen molar-refractivity contribution in [2.75, 3.05) is 26.1 Å². The van der Waals surface area contributed by atoms with Crippen molar-refractivity contribution >= 4 is 39.2 Å². The molecule has 0 spiro atoms. The van der Waals surface area contributed by atoms with Crippen LogP contribution in [-0.4, -0.2) is 41.1 Å².